The van der Waals surface area contributed by atoms with E-state index in [0.717, 1.165) is 5.56 Å². The molecule has 1 aliphatic rings. The molecule has 1 unspecified atom stereocenters. The number of aryl methyl sites for hydroxylation is 2. The van der Waals surface area contributed by atoms with Crippen molar-refractivity contribution in [2.45, 2.75) is 24.8 Å². The van der Waals surface area contributed by atoms with Gasteiger partial charge in [0.2, 0.25) is 10.0 Å². The number of benzene rings is 1. The highest BCUT2D eigenvalue weighted by Crippen LogP contribution is 2.29. The summed E-state index contributed by atoms with van der Waals surface area (Å²) in [6.45, 7) is 4.07. The number of aromatic nitrogens is 1. The van der Waals surface area contributed by atoms with Gasteiger partial charge in [0.25, 0.3) is 0 Å². The average molecular weight is 357 g/mol. The van der Waals surface area contributed by atoms with E-state index in [1.54, 1.807) is 26.0 Å². The second kappa shape index (κ2) is 6.24. The highest BCUT2D eigenvalue weighted by Gasteiger charge is 2.35. The van der Waals surface area contributed by atoms with Crippen LogP contribution in [0.2, 0.25) is 5.02 Å². The number of rotatable bonds is 3. The second-order valence-corrected chi connectivity index (χ2v) is 7.74. The second-order valence-electron chi connectivity index (χ2n) is 5.43. The van der Waals surface area contributed by atoms with Crippen molar-refractivity contribution < 1.29 is 17.7 Å². The van der Waals surface area contributed by atoms with Crippen molar-refractivity contribution in [1.82, 2.24) is 9.46 Å². The molecule has 23 heavy (non-hydrogen) atoms. The summed E-state index contributed by atoms with van der Waals surface area (Å²) in [6.07, 6.45) is -0.349. The average Bonchev–Trinajstić information content (AvgIpc) is 2.87. The van der Waals surface area contributed by atoms with E-state index in [1.807, 2.05) is 12.1 Å². The SMILES string of the molecule is Cc1noc(C)c1S(=O)(=O)N1CCOC(c2cccc(Cl)c2)C1. The largest absolute Gasteiger partial charge is 0.371 e. The quantitative estimate of drug-likeness (QED) is 0.845. The van der Waals surface area contributed by atoms with Gasteiger partial charge in [-0.2, -0.15) is 4.31 Å². The Kier molecular flexibility index (Phi) is 4.46. The number of hydrogen-bond donors (Lipinski definition) is 0. The van der Waals surface area contributed by atoms with E-state index in [1.165, 1.54) is 4.31 Å². The lowest BCUT2D eigenvalue weighted by Gasteiger charge is -2.32. The monoisotopic (exact) mass is 356 g/mol. The lowest BCUT2D eigenvalue weighted by molar-refractivity contribution is -0.00258. The van der Waals surface area contributed by atoms with Crippen LogP contribution < -0.4 is 0 Å². The Morgan fingerprint density at radius 2 is 2.13 bits per heavy atom. The highest BCUT2D eigenvalue weighted by atomic mass is 35.5. The van der Waals surface area contributed by atoms with Crippen LogP contribution in [0.15, 0.2) is 33.7 Å². The molecule has 1 aromatic carbocycles. The van der Waals surface area contributed by atoms with Crippen molar-refractivity contribution in [2.24, 2.45) is 0 Å². The maximum absolute atomic E-state index is 12.9. The van der Waals surface area contributed by atoms with Crippen molar-refractivity contribution in [1.29, 1.82) is 0 Å². The molecule has 2 heterocycles. The van der Waals surface area contributed by atoms with E-state index in [4.69, 9.17) is 20.9 Å². The van der Waals surface area contributed by atoms with Crippen LogP contribution in [0.1, 0.15) is 23.1 Å². The van der Waals surface area contributed by atoms with Gasteiger partial charge in [-0.15, -0.1) is 0 Å². The van der Waals surface area contributed by atoms with Crippen LogP contribution in [0.25, 0.3) is 0 Å². The molecule has 2 aromatic rings. The molecular weight excluding hydrogens is 340 g/mol. The van der Waals surface area contributed by atoms with Gasteiger partial charge in [-0.3, -0.25) is 0 Å². The van der Waals surface area contributed by atoms with Crippen molar-refractivity contribution >= 4 is 21.6 Å². The summed E-state index contributed by atoms with van der Waals surface area (Å²) < 4.78 is 37.9. The summed E-state index contributed by atoms with van der Waals surface area (Å²) >= 11 is 6.01. The molecule has 0 bridgehead atoms. The summed E-state index contributed by atoms with van der Waals surface area (Å²) in [7, 11) is -3.67. The Bertz CT molecular complexity index is 799. The van der Waals surface area contributed by atoms with Crippen LogP contribution in [0.5, 0.6) is 0 Å². The molecule has 124 valence electrons. The van der Waals surface area contributed by atoms with E-state index in [2.05, 4.69) is 5.16 Å². The number of morpholine rings is 1. The highest BCUT2D eigenvalue weighted by molar-refractivity contribution is 7.89. The molecule has 0 N–H and O–H groups in total. The maximum Gasteiger partial charge on any atom is 0.248 e. The fraction of sp³-hybridized carbons (Fsp3) is 0.400. The van der Waals surface area contributed by atoms with E-state index in [9.17, 15) is 8.42 Å². The fourth-order valence-electron chi connectivity index (χ4n) is 2.72. The van der Waals surface area contributed by atoms with Gasteiger partial charge in [0.15, 0.2) is 5.76 Å². The number of hydrogen-bond acceptors (Lipinski definition) is 5. The van der Waals surface area contributed by atoms with E-state index >= 15 is 0 Å². The van der Waals surface area contributed by atoms with E-state index in [-0.39, 0.29) is 17.5 Å². The summed E-state index contributed by atoms with van der Waals surface area (Å²) in [4.78, 5) is 0.143. The molecule has 0 amide bonds. The minimum atomic E-state index is -3.67. The van der Waals surface area contributed by atoms with Crippen molar-refractivity contribution in [2.75, 3.05) is 19.7 Å². The normalized spacial score (nSPS) is 19.9. The summed E-state index contributed by atoms with van der Waals surface area (Å²) in [5.41, 5.74) is 1.23. The van der Waals surface area contributed by atoms with Crippen LogP contribution in [-0.4, -0.2) is 37.6 Å². The zero-order valence-corrected chi connectivity index (χ0v) is 14.4. The third-order valence-electron chi connectivity index (χ3n) is 3.82. The first-order valence-electron chi connectivity index (χ1n) is 7.19. The van der Waals surface area contributed by atoms with Crippen molar-refractivity contribution in [3.05, 3.63) is 46.3 Å². The Labute approximate surface area is 140 Å². The van der Waals surface area contributed by atoms with Gasteiger partial charge < -0.3 is 9.26 Å². The topological polar surface area (TPSA) is 72.6 Å². The van der Waals surface area contributed by atoms with Crippen LogP contribution >= 0.6 is 11.6 Å². The summed E-state index contributed by atoms with van der Waals surface area (Å²) in [6, 6.07) is 7.26. The van der Waals surface area contributed by atoms with E-state index in [0.29, 0.717) is 29.6 Å². The Morgan fingerprint density at radius 3 is 2.78 bits per heavy atom. The van der Waals surface area contributed by atoms with Crippen molar-refractivity contribution in [3.63, 3.8) is 0 Å². The van der Waals surface area contributed by atoms with Gasteiger partial charge in [0.05, 0.1) is 12.7 Å². The molecule has 1 fully saturated rings. The molecule has 1 saturated heterocycles. The van der Waals surface area contributed by atoms with Crippen LogP contribution in [-0.2, 0) is 14.8 Å². The molecule has 6 nitrogen and oxygen atoms in total. The smallest absolute Gasteiger partial charge is 0.248 e. The predicted octanol–water partition coefficient (Wildman–Crippen LogP) is 2.71. The minimum Gasteiger partial charge on any atom is -0.371 e. The molecule has 0 saturated carbocycles. The molecule has 1 aromatic heterocycles. The first kappa shape index (κ1) is 16.4. The van der Waals surface area contributed by atoms with Gasteiger partial charge in [-0.25, -0.2) is 8.42 Å². The molecule has 1 atom stereocenters. The molecule has 3 rings (SSSR count). The zero-order chi connectivity index (χ0) is 16.6. The summed E-state index contributed by atoms with van der Waals surface area (Å²) in [5.74, 6) is 0.299. The lowest BCUT2D eigenvalue weighted by Crippen LogP contribution is -2.42. The minimum absolute atomic E-state index is 0.143. The molecule has 0 spiro atoms. The predicted molar refractivity (Wildman–Crippen MR) is 84.9 cm³/mol. The maximum atomic E-state index is 12.9. The molecular formula is C15H17ClN2O4S. The molecule has 1 aliphatic heterocycles. The first-order valence-corrected chi connectivity index (χ1v) is 9.01. The third kappa shape index (κ3) is 3.14. The van der Waals surface area contributed by atoms with Gasteiger partial charge in [0, 0.05) is 18.1 Å². The van der Waals surface area contributed by atoms with Gasteiger partial charge in [-0.1, -0.05) is 28.9 Å². The lowest BCUT2D eigenvalue weighted by atomic mass is 10.1. The number of sulfonamides is 1. The van der Waals surface area contributed by atoms with E-state index < -0.39 is 10.0 Å². The molecule has 0 aliphatic carbocycles. The van der Waals surface area contributed by atoms with Gasteiger partial charge in [-0.05, 0) is 31.5 Å². The van der Waals surface area contributed by atoms with Gasteiger partial charge >= 0.3 is 0 Å². The number of ether oxygens (including phenoxy) is 1. The Balaban J connectivity index is 1.89. The third-order valence-corrected chi connectivity index (χ3v) is 6.16. The standard InChI is InChI=1S/C15H17ClN2O4S/c1-10-15(11(2)22-17-10)23(19,20)18-6-7-21-14(9-18)12-4-3-5-13(16)8-12/h3-5,8,14H,6-7,9H2,1-2H3. The first-order chi connectivity index (χ1) is 10.9. The van der Waals surface area contributed by atoms with Gasteiger partial charge in [0.1, 0.15) is 10.6 Å². The number of nitrogens with zero attached hydrogens (tertiary/aromatic N) is 2. The fourth-order valence-corrected chi connectivity index (χ4v) is 4.64. The Morgan fingerprint density at radius 1 is 1.35 bits per heavy atom. The van der Waals surface area contributed by atoms with Crippen LogP contribution in [0.3, 0.4) is 0 Å². The van der Waals surface area contributed by atoms with Crippen LogP contribution in [0.4, 0.5) is 0 Å². The van der Waals surface area contributed by atoms with Crippen molar-refractivity contribution in [3.8, 4) is 0 Å². The molecule has 0 radical (unpaired) electrons. The molecule has 8 heteroatoms. The zero-order valence-electron chi connectivity index (χ0n) is 12.8. The summed E-state index contributed by atoms with van der Waals surface area (Å²) in [5, 5.41) is 4.33. The number of halogens is 1. The Hall–Kier alpha value is -1.41. The van der Waals surface area contributed by atoms with Crippen LogP contribution in [0, 0.1) is 13.8 Å².